The number of aromatic amines is 1. The van der Waals surface area contributed by atoms with Crippen LogP contribution in [0.2, 0.25) is 0 Å². The second kappa shape index (κ2) is 13.1. The highest BCUT2D eigenvalue weighted by Crippen LogP contribution is 2.37. The molecule has 1 atom stereocenters. The first-order valence-corrected chi connectivity index (χ1v) is 13.6. The minimum Gasteiger partial charge on any atom is -0.471 e. The quantitative estimate of drug-likeness (QED) is 0.172. The zero-order chi connectivity index (χ0) is 27.8. The van der Waals surface area contributed by atoms with Crippen molar-refractivity contribution >= 4 is 34.1 Å². The Balaban J connectivity index is 1.57. The number of carbonyl (C=O) groups is 1. The lowest BCUT2D eigenvalue weighted by molar-refractivity contribution is 0.00693. The second-order valence-electron chi connectivity index (χ2n) is 9.27. The monoisotopic (exact) mass is 529 g/mol. The normalized spacial score (nSPS) is 12.2. The van der Waals surface area contributed by atoms with Gasteiger partial charge in [-0.05, 0) is 73.7 Å². The van der Waals surface area contributed by atoms with Gasteiger partial charge in [0.05, 0.1) is 5.39 Å². The number of hydrogen-bond acceptors (Lipinski definition) is 6. The third-order valence-corrected chi connectivity index (χ3v) is 6.99. The van der Waals surface area contributed by atoms with Crippen molar-refractivity contribution in [2.24, 2.45) is 0 Å². The number of urea groups is 1. The Morgan fingerprint density at radius 1 is 0.897 bits per heavy atom. The number of nitrogens with two attached hydrogens (primary N) is 1. The summed E-state index contributed by atoms with van der Waals surface area (Å²) in [4.78, 5) is 17.1. The molecule has 39 heavy (non-hydrogen) atoms. The van der Waals surface area contributed by atoms with Crippen molar-refractivity contribution in [3.05, 3.63) is 66.7 Å². The second-order valence-corrected chi connectivity index (χ2v) is 9.27. The number of aromatic nitrogens is 2. The molecule has 1 heterocycles. The number of rotatable bonds is 12. The number of ether oxygens (including phenoxy) is 1. The molecule has 5 N–H and O–H groups in total. The number of nitrogens with zero attached hydrogens (tertiary/aromatic N) is 3. The van der Waals surface area contributed by atoms with Gasteiger partial charge in [0.1, 0.15) is 11.3 Å². The number of likely N-dealkylation sites (N-methyl/N-ethyl adjacent to an activating group) is 2. The van der Waals surface area contributed by atoms with E-state index in [4.69, 9.17) is 10.5 Å². The van der Waals surface area contributed by atoms with Gasteiger partial charge in [0.25, 0.3) is 0 Å². The Morgan fingerprint density at radius 2 is 1.54 bits per heavy atom. The van der Waals surface area contributed by atoms with Gasteiger partial charge in [-0.15, -0.1) is 0 Å². The molecule has 0 saturated carbocycles. The summed E-state index contributed by atoms with van der Waals surface area (Å²) in [5, 5.41) is 13.9. The molecule has 9 heteroatoms. The smallest absolute Gasteiger partial charge is 0.323 e. The average Bonchev–Trinajstić information content (AvgIpc) is 3.35. The van der Waals surface area contributed by atoms with E-state index in [1.165, 1.54) is 0 Å². The van der Waals surface area contributed by atoms with E-state index in [0.29, 0.717) is 11.5 Å². The fourth-order valence-corrected chi connectivity index (χ4v) is 4.73. The van der Waals surface area contributed by atoms with Crippen LogP contribution in [0.4, 0.5) is 22.0 Å². The van der Waals surface area contributed by atoms with Crippen LogP contribution in [0, 0.1) is 0 Å². The van der Waals surface area contributed by atoms with E-state index >= 15 is 0 Å². The molecule has 0 radical (unpaired) electrons. The number of para-hydroxylation sites is 1. The number of H-pyrrole nitrogens is 1. The first kappa shape index (κ1) is 27.9. The van der Waals surface area contributed by atoms with Crippen LogP contribution >= 0.6 is 0 Å². The molecule has 4 aromatic rings. The van der Waals surface area contributed by atoms with Crippen molar-refractivity contribution in [2.75, 3.05) is 49.1 Å². The summed E-state index contributed by atoms with van der Waals surface area (Å²) in [7, 11) is 0. The van der Waals surface area contributed by atoms with Crippen LogP contribution in [-0.4, -0.2) is 65.0 Å². The van der Waals surface area contributed by atoms with Crippen LogP contribution in [0.3, 0.4) is 0 Å². The van der Waals surface area contributed by atoms with Crippen LogP contribution in [0.1, 0.15) is 27.7 Å². The molecular weight excluding hydrogens is 490 g/mol. The van der Waals surface area contributed by atoms with Gasteiger partial charge in [0.2, 0.25) is 0 Å². The average molecular weight is 530 g/mol. The van der Waals surface area contributed by atoms with Crippen molar-refractivity contribution in [1.29, 1.82) is 0 Å². The first-order chi connectivity index (χ1) is 19.0. The van der Waals surface area contributed by atoms with Crippen LogP contribution in [0.15, 0.2) is 66.7 Å². The molecule has 3 aromatic carbocycles. The summed E-state index contributed by atoms with van der Waals surface area (Å²) in [6.45, 7) is 13.1. The lowest BCUT2D eigenvalue weighted by Gasteiger charge is -2.33. The topological polar surface area (TPSA) is 112 Å². The number of carbonyl (C=O) groups excluding carboxylic acids is 1. The number of fused-ring (bicyclic) bond motifs is 1. The van der Waals surface area contributed by atoms with E-state index in [0.717, 1.165) is 66.2 Å². The molecule has 4 rings (SSSR count). The summed E-state index contributed by atoms with van der Waals surface area (Å²) in [5.74, 6) is 1.14. The molecule has 0 fully saturated rings. The molecule has 0 aliphatic rings. The lowest BCUT2D eigenvalue weighted by Crippen LogP contribution is -2.47. The van der Waals surface area contributed by atoms with Gasteiger partial charge in [-0.2, -0.15) is 5.10 Å². The van der Waals surface area contributed by atoms with E-state index in [9.17, 15) is 4.79 Å². The fourth-order valence-electron chi connectivity index (χ4n) is 4.73. The summed E-state index contributed by atoms with van der Waals surface area (Å²) < 4.78 is 6.62. The highest BCUT2D eigenvalue weighted by molar-refractivity contribution is 6.04. The largest absolute Gasteiger partial charge is 0.471 e. The summed E-state index contributed by atoms with van der Waals surface area (Å²) in [5.41, 5.74) is 10.4. The number of nitrogens with one attached hydrogen (secondary N) is 3. The zero-order valence-electron chi connectivity index (χ0n) is 23.2. The van der Waals surface area contributed by atoms with Crippen molar-refractivity contribution in [1.82, 2.24) is 20.0 Å². The Kier molecular flexibility index (Phi) is 9.40. The number of amides is 2. The van der Waals surface area contributed by atoms with Crippen molar-refractivity contribution in [3.63, 3.8) is 0 Å². The van der Waals surface area contributed by atoms with Crippen LogP contribution in [-0.2, 0) is 0 Å². The molecule has 0 aliphatic carbocycles. The first-order valence-electron chi connectivity index (χ1n) is 13.6. The Morgan fingerprint density at radius 3 is 2.15 bits per heavy atom. The maximum absolute atomic E-state index is 12.4. The van der Waals surface area contributed by atoms with Crippen LogP contribution in [0.5, 0.6) is 5.75 Å². The van der Waals surface area contributed by atoms with Crippen LogP contribution < -0.4 is 21.1 Å². The molecule has 0 bridgehead atoms. The molecule has 1 unspecified atom stereocenters. The third kappa shape index (κ3) is 6.68. The van der Waals surface area contributed by atoms with Crippen molar-refractivity contribution in [2.45, 2.75) is 33.9 Å². The van der Waals surface area contributed by atoms with E-state index < -0.39 is 0 Å². The minimum atomic E-state index is -0.301. The summed E-state index contributed by atoms with van der Waals surface area (Å²) in [6, 6.07) is 20.7. The number of nitrogen functional groups attached to an aromatic ring is 1. The summed E-state index contributed by atoms with van der Waals surface area (Å²) >= 11 is 0. The maximum atomic E-state index is 12.4. The molecule has 0 spiro atoms. The van der Waals surface area contributed by atoms with Gasteiger partial charge in [-0.25, -0.2) is 4.79 Å². The van der Waals surface area contributed by atoms with E-state index in [-0.39, 0.29) is 12.3 Å². The standard InChI is InChI=1S/C30H39N7O2/c1-5-36(6-2)20-26(37(7-3)8-4)39-25-19-18-24(27-28(25)34-35-29(27)31)21-14-16-23(17-15-21)33-30(38)32-22-12-10-9-11-13-22/h9-19,26H,5-8,20H2,1-4H3,(H3,31,34,35)(H2,32,33,38). The number of anilines is 3. The Bertz CT molecular complexity index is 1350. The van der Waals surface area contributed by atoms with Gasteiger partial charge >= 0.3 is 6.03 Å². The van der Waals surface area contributed by atoms with Gasteiger partial charge in [-0.3, -0.25) is 14.9 Å². The third-order valence-electron chi connectivity index (χ3n) is 6.99. The molecule has 0 aliphatic heterocycles. The van der Waals surface area contributed by atoms with Crippen LogP contribution in [0.25, 0.3) is 22.0 Å². The molecule has 1 aromatic heterocycles. The highest BCUT2D eigenvalue weighted by atomic mass is 16.5. The predicted octanol–water partition coefficient (Wildman–Crippen LogP) is 5.84. The van der Waals surface area contributed by atoms with Crippen molar-refractivity contribution < 1.29 is 9.53 Å². The number of hydrogen-bond donors (Lipinski definition) is 4. The highest BCUT2D eigenvalue weighted by Gasteiger charge is 2.23. The van der Waals surface area contributed by atoms with E-state index in [2.05, 4.69) is 58.3 Å². The zero-order valence-corrected chi connectivity index (χ0v) is 23.2. The Hall–Kier alpha value is -4.08. The molecule has 2 amide bonds. The SMILES string of the molecule is CCN(CC)CC(Oc1ccc(-c2ccc(NC(=O)Nc3ccccc3)cc2)c2c(N)n[nH]c12)N(CC)CC. The van der Waals surface area contributed by atoms with Gasteiger partial charge in [0.15, 0.2) is 12.0 Å². The maximum Gasteiger partial charge on any atom is 0.323 e. The Labute approximate surface area is 230 Å². The van der Waals surface area contributed by atoms with Gasteiger partial charge < -0.3 is 21.1 Å². The lowest BCUT2D eigenvalue weighted by atomic mass is 10.0. The molecule has 206 valence electrons. The fraction of sp³-hybridized carbons (Fsp3) is 0.333. The molecule has 0 saturated heterocycles. The molecular formula is C30H39N7O2. The van der Waals surface area contributed by atoms with E-state index in [1.807, 2.05) is 66.7 Å². The van der Waals surface area contributed by atoms with Gasteiger partial charge in [-0.1, -0.05) is 58.0 Å². The van der Waals surface area contributed by atoms with Gasteiger partial charge in [0, 0.05) is 17.9 Å². The minimum absolute atomic E-state index is 0.106. The van der Waals surface area contributed by atoms with Crippen molar-refractivity contribution in [3.8, 4) is 16.9 Å². The predicted molar refractivity (Wildman–Crippen MR) is 160 cm³/mol. The van der Waals surface area contributed by atoms with E-state index in [1.54, 1.807) is 0 Å². The molecule has 9 nitrogen and oxygen atoms in total. The summed E-state index contributed by atoms with van der Waals surface area (Å²) in [6.07, 6.45) is -0.106. The number of benzene rings is 3.